The molecule has 3 heterocycles. The fraction of sp³-hybridized carbons (Fsp3) is 0.500. The van der Waals surface area contributed by atoms with Crippen LogP contribution in [0.1, 0.15) is 25.0 Å². The van der Waals surface area contributed by atoms with E-state index in [0.717, 1.165) is 49.6 Å². The smallest absolute Gasteiger partial charge is 0.243 e. The predicted molar refractivity (Wildman–Crippen MR) is 110 cm³/mol. The number of benzene rings is 1. The molecule has 0 spiro atoms. The van der Waals surface area contributed by atoms with Gasteiger partial charge in [-0.15, -0.1) is 0 Å². The number of piperidine rings is 1. The van der Waals surface area contributed by atoms with Crippen LogP contribution in [0.4, 0.5) is 20.5 Å². The Morgan fingerprint density at radius 3 is 2.07 bits per heavy atom. The monoisotopic (exact) mass is 437 g/mol. The lowest BCUT2D eigenvalue weighted by molar-refractivity contribution is 0.382. The Kier molecular flexibility index (Phi) is 5.88. The molecule has 162 valence electrons. The van der Waals surface area contributed by atoms with Gasteiger partial charge < -0.3 is 9.80 Å². The van der Waals surface area contributed by atoms with Gasteiger partial charge in [0.2, 0.25) is 16.0 Å². The van der Waals surface area contributed by atoms with Crippen molar-refractivity contribution < 1.29 is 17.2 Å². The summed E-state index contributed by atoms with van der Waals surface area (Å²) >= 11 is 0. The minimum atomic E-state index is -3.97. The molecule has 0 radical (unpaired) electrons. The van der Waals surface area contributed by atoms with Gasteiger partial charge in [0.25, 0.3) is 0 Å². The number of anilines is 2. The third-order valence-electron chi connectivity index (χ3n) is 5.50. The molecular weight excluding hydrogens is 412 g/mol. The van der Waals surface area contributed by atoms with E-state index in [4.69, 9.17) is 4.98 Å². The highest BCUT2D eigenvalue weighted by Crippen LogP contribution is 2.24. The van der Waals surface area contributed by atoms with Crippen LogP contribution in [0, 0.1) is 18.6 Å². The van der Waals surface area contributed by atoms with Crippen molar-refractivity contribution in [3.63, 3.8) is 0 Å². The van der Waals surface area contributed by atoms with E-state index in [0.29, 0.717) is 25.1 Å². The molecule has 7 nitrogen and oxygen atoms in total. The predicted octanol–water partition coefficient (Wildman–Crippen LogP) is 2.56. The second-order valence-electron chi connectivity index (χ2n) is 7.71. The van der Waals surface area contributed by atoms with Crippen LogP contribution >= 0.6 is 0 Å². The Balaban J connectivity index is 1.48. The van der Waals surface area contributed by atoms with Crippen molar-refractivity contribution in [1.29, 1.82) is 0 Å². The van der Waals surface area contributed by atoms with Crippen molar-refractivity contribution in [2.24, 2.45) is 0 Å². The maximum absolute atomic E-state index is 13.5. The number of aryl methyl sites for hydroxylation is 1. The molecule has 0 aliphatic carbocycles. The maximum atomic E-state index is 13.5. The zero-order valence-corrected chi connectivity index (χ0v) is 17.7. The van der Waals surface area contributed by atoms with E-state index in [1.54, 1.807) is 0 Å². The third-order valence-corrected chi connectivity index (χ3v) is 7.38. The molecule has 0 bridgehead atoms. The highest BCUT2D eigenvalue weighted by Gasteiger charge is 2.30. The summed E-state index contributed by atoms with van der Waals surface area (Å²) in [5.74, 6) is -0.330. The summed E-state index contributed by atoms with van der Waals surface area (Å²) in [5.41, 5.74) is 0.867. The first-order valence-electron chi connectivity index (χ1n) is 10.1. The van der Waals surface area contributed by atoms with Gasteiger partial charge in [-0.05, 0) is 38.3 Å². The van der Waals surface area contributed by atoms with E-state index >= 15 is 0 Å². The van der Waals surface area contributed by atoms with Crippen molar-refractivity contribution in [2.45, 2.75) is 31.1 Å². The summed E-state index contributed by atoms with van der Waals surface area (Å²) in [6, 6.07) is 4.33. The maximum Gasteiger partial charge on any atom is 0.243 e. The van der Waals surface area contributed by atoms with Crippen LogP contribution in [0.5, 0.6) is 0 Å². The summed E-state index contributed by atoms with van der Waals surface area (Å²) in [5, 5.41) is 0. The first-order valence-corrected chi connectivity index (χ1v) is 11.6. The van der Waals surface area contributed by atoms with Crippen molar-refractivity contribution in [3.05, 3.63) is 41.6 Å². The minimum Gasteiger partial charge on any atom is -0.356 e. The first-order chi connectivity index (χ1) is 14.3. The second-order valence-corrected chi connectivity index (χ2v) is 9.65. The average molecular weight is 438 g/mol. The molecule has 2 fully saturated rings. The summed E-state index contributed by atoms with van der Waals surface area (Å²) in [6.07, 6.45) is 3.53. The van der Waals surface area contributed by atoms with Gasteiger partial charge in [-0.1, -0.05) is 0 Å². The highest BCUT2D eigenvalue weighted by molar-refractivity contribution is 7.89. The van der Waals surface area contributed by atoms with E-state index in [9.17, 15) is 17.2 Å². The fourth-order valence-electron chi connectivity index (χ4n) is 3.92. The number of aromatic nitrogens is 2. The Morgan fingerprint density at radius 1 is 0.800 bits per heavy atom. The van der Waals surface area contributed by atoms with Crippen LogP contribution in [0.3, 0.4) is 0 Å². The topological polar surface area (TPSA) is 69.6 Å². The zero-order chi connectivity index (χ0) is 21.3. The Labute approximate surface area is 175 Å². The summed E-state index contributed by atoms with van der Waals surface area (Å²) in [6.45, 7) is 5.07. The number of hydrogen-bond acceptors (Lipinski definition) is 6. The molecule has 1 aromatic carbocycles. The number of piperazine rings is 1. The quantitative estimate of drug-likeness (QED) is 0.732. The SMILES string of the molecule is Cc1cc(N2CCCCC2)nc(N2CCN(S(=O)(=O)c3cc(F)cc(F)c3)CC2)n1. The summed E-state index contributed by atoms with van der Waals surface area (Å²) in [7, 11) is -3.97. The minimum absolute atomic E-state index is 0.191. The van der Waals surface area contributed by atoms with Gasteiger partial charge in [-0.25, -0.2) is 22.2 Å². The lowest BCUT2D eigenvalue weighted by atomic mass is 10.1. The molecule has 30 heavy (non-hydrogen) atoms. The van der Waals surface area contributed by atoms with Crippen LogP contribution in [-0.4, -0.2) is 62.0 Å². The van der Waals surface area contributed by atoms with Crippen molar-refractivity contribution in [2.75, 3.05) is 49.1 Å². The number of halogens is 2. The standard InChI is InChI=1S/C20H25F2N5O2S/c1-15-11-19(25-5-3-2-4-6-25)24-20(23-15)26-7-9-27(10-8-26)30(28,29)18-13-16(21)12-17(22)14-18/h11-14H,2-10H2,1H3. The van der Waals surface area contributed by atoms with Crippen LogP contribution in [0.15, 0.2) is 29.2 Å². The van der Waals surface area contributed by atoms with Gasteiger partial charge in [0.15, 0.2) is 0 Å². The molecule has 0 N–H and O–H groups in total. The lowest BCUT2D eigenvalue weighted by Gasteiger charge is -2.35. The molecule has 2 aliphatic heterocycles. The van der Waals surface area contributed by atoms with Crippen molar-refractivity contribution in [3.8, 4) is 0 Å². The Morgan fingerprint density at radius 2 is 1.43 bits per heavy atom. The summed E-state index contributed by atoms with van der Waals surface area (Å²) < 4.78 is 53.8. The van der Waals surface area contributed by atoms with Crippen LogP contribution < -0.4 is 9.80 Å². The normalized spacial score (nSPS) is 18.6. The van der Waals surface area contributed by atoms with Crippen LogP contribution in [0.2, 0.25) is 0 Å². The molecule has 2 aromatic rings. The van der Waals surface area contributed by atoms with Crippen LogP contribution in [-0.2, 0) is 10.0 Å². The van der Waals surface area contributed by atoms with Gasteiger partial charge in [-0.2, -0.15) is 9.29 Å². The molecule has 10 heteroatoms. The molecule has 4 rings (SSSR count). The molecule has 0 amide bonds. The molecule has 0 saturated carbocycles. The first kappa shape index (κ1) is 20.9. The van der Waals surface area contributed by atoms with E-state index in [2.05, 4.69) is 9.88 Å². The zero-order valence-electron chi connectivity index (χ0n) is 16.9. The number of sulfonamides is 1. The van der Waals surface area contributed by atoms with Crippen molar-refractivity contribution >= 4 is 21.8 Å². The molecule has 0 atom stereocenters. The lowest BCUT2D eigenvalue weighted by Crippen LogP contribution is -2.49. The fourth-order valence-corrected chi connectivity index (χ4v) is 5.38. The van der Waals surface area contributed by atoms with Gasteiger partial charge in [0.05, 0.1) is 4.90 Å². The third kappa shape index (κ3) is 4.39. The van der Waals surface area contributed by atoms with E-state index in [1.807, 2.05) is 17.9 Å². The van der Waals surface area contributed by atoms with Gasteiger partial charge in [0.1, 0.15) is 17.5 Å². The summed E-state index contributed by atoms with van der Waals surface area (Å²) in [4.78, 5) is 13.1. The molecule has 1 aromatic heterocycles. The average Bonchev–Trinajstić information content (AvgIpc) is 2.73. The molecular formula is C20H25F2N5O2S. The van der Waals surface area contributed by atoms with E-state index < -0.39 is 21.7 Å². The Hall–Kier alpha value is -2.33. The number of rotatable bonds is 4. The van der Waals surface area contributed by atoms with Gasteiger partial charge in [-0.3, -0.25) is 0 Å². The Bertz CT molecular complexity index is 1000. The van der Waals surface area contributed by atoms with Gasteiger partial charge >= 0.3 is 0 Å². The molecule has 0 unspecified atom stereocenters. The number of nitrogens with zero attached hydrogens (tertiary/aromatic N) is 5. The highest BCUT2D eigenvalue weighted by atomic mass is 32.2. The van der Waals surface area contributed by atoms with E-state index in [1.165, 1.54) is 10.7 Å². The van der Waals surface area contributed by atoms with Crippen molar-refractivity contribution in [1.82, 2.24) is 14.3 Å². The van der Waals surface area contributed by atoms with Gasteiger partial charge in [0, 0.05) is 57.1 Å². The number of hydrogen-bond donors (Lipinski definition) is 0. The van der Waals surface area contributed by atoms with Crippen LogP contribution in [0.25, 0.3) is 0 Å². The molecule has 2 saturated heterocycles. The molecule has 2 aliphatic rings. The second kappa shape index (κ2) is 8.43. The van der Waals surface area contributed by atoms with E-state index in [-0.39, 0.29) is 18.0 Å². The largest absolute Gasteiger partial charge is 0.356 e.